The van der Waals surface area contributed by atoms with E-state index in [4.69, 9.17) is 0 Å². The van der Waals surface area contributed by atoms with E-state index in [0.717, 1.165) is 19.6 Å². The summed E-state index contributed by atoms with van der Waals surface area (Å²) in [5.41, 5.74) is 2.65. The zero-order valence-corrected chi connectivity index (χ0v) is 13.4. The highest BCUT2D eigenvalue weighted by Crippen LogP contribution is 2.15. The minimum absolute atomic E-state index is 0.0917. The van der Waals surface area contributed by atoms with Crippen LogP contribution >= 0.6 is 0 Å². The summed E-state index contributed by atoms with van der Waals surface area (Å²) in [6.45, 7) is 5.68. The molecule has 1 aromatic heterocycles. The molecular weight excluding hydrogens is 310 g/mol. The lowest BCUT2D eigenvalue weighted by molar-refractivity contribution is -0.389. The number of H-pyrrole nitrogens is 1. The van der Waals surface area contributed by atoms with Crippen molar-refractivity contribution in [1.82, 2.24) is 20.0 Å². The number of nitrogens with zero attached hydrogens (tertiary/aromatic N) is 4. The molecule has 1 saturated heterocycles. The number of aromatic nitrogens is 2. The predicted molar refractivity (Wildman–Crippen MR) is 87.6 cm³/mol. The lowest BCUT2D eigenvalue weighted by Crippen LogP contribution is -2.48. The average molecular weight is 329 g/mol. The van der Waals surface area contributed by atoms with Crippen LogP contribution in [0.5, 0.6) is 0 Å². The zero-order chi connectivity index (χ0) is 17.1. The Bertz CT molecular complexity index is 750. The molecular formula is C16H19N5O3. The molecule has 8 nitrogen and oxygen atoms in total. The highest BCUT2D eigenvalue weighted by molar-refractivity contribution is 5.92. The first-order chi connectivity index (χ1) is 11.5. The van der Waals surface area contributed by atoms with Gasteiger partial charge in [0.25, 0.3) is 5.91 Å². The van der Waals surface area contributed by atoms with Crippen LogP contribution in [0.3, 0.4) is 0 Å². The third kappa shape index (κ3) is 3.43. The van der Waals surface area contributed by atoms with Gasteiger partial charge in [0.1, 0.15) is 0 Å². The van der Waals surface area contributed by atoms with Crippen molar-refractivity contribution in [1.29, 1.82) is 0 Å². The van der Waals surface area contributed by atoms with Crippen LogP contribution in [-0.2, 0) is 6.54 Å². The molecule has 2 aromatic rings. The van der Waals surface area contributed by atoms with Gasteiger partial charge in [0.15, 0.2) is 5.69 Å². The minimum Gasteiger partial charge on any atom is -0.358 e. The van der Waals surface area contributed by atoms with E-state index in [-0.39, 0.29) is 17.4 Å². The van der Waals surface area contributed by atoms with Crippen LogP contribution in [0.25, 0.3) is 0 Å². The molecule has 0 spiro atoms. The molecule has 0 aliphatic carbocycles. The lowest BCUT2D eigenvalue weighted by Gasteiger charge is -2.34. The quantitative estimate of drug-likeness (QED) is 0.679. The molecule has 126 valence electrons. The summed E-state index contributed by atoms with van der Waals surface area (Å²) in [5.74, 6) is -0.536. The lowest BCUT2D eigenvalue weighted by atomic mass is 10.1. The first-order valence-electron chi connectivity index (χ1n) is 7.80. The van der Waals surface area contributed by atoms with Gasteiger partial charge < -0.3 is 15.0 Å². The fourth-order valence-corrected chi connectivity index (χ4v) is 2.81. The number of nitrogens with one attached hydrogen (secondary N) is 1. The summed E-state index contributed by atoms with van der Waals surface area (Å²) in [5, 5.41) is 16.7. The Labute approximate surface area is 139 Å². The van der Waals surface area contributed by atoms with Crippen LogP contribution < -0.4 is 0 Å². The van der Waals surface area contributed by atoms with Gasteiger partial charge in [-0.3, -0.25) is 9.69 Å². The Morgan fingerprint density at radius 3 is 2.62 bits per heavy atom. The van der Waals surface area contributed by atoms with Crippen molar-refractivity contribution >= 4 is 11.7 Å². The van der Waals surface area contributed by atoms with Crippen molar-refractivity contribution in [3.05, 3.63) is 57.3 Å². The Kier molecular flexibility index (Phi) is 4.57. The van der Waals surface area contributed by atoms with Gasteiger partial charge >= 0.3 is 5.82 Å². The highest BCUT2D eigenvalue weighted by Gasteiger charge is 2.25. The molecule has 1 N–H and O–H groups in total. The summed E-state index contributed by atoms with van der Waals surface area (Å²) < 4.78 is 0. The monoisotopic (exact) mass is 329 g/mol. The van der Waals surface area contributed by atoms with E-state index in [9.17, 15) is 14.9 Å². The van der Waals surface area contributed by atoms with Gasteiger partial charge in [-0.1, -0.05) is 29.4 Å². The number of hydrogen-bond acceptors (Lipinski definition) is 5. The fourth-order valence-electron chi connectivity index (χ4n) is 2.81. The number of hydrogen-bond donors (Lipinski definition) is 1. The third-order valence-corrected chi connectivity index (χ3v) is 4.29. The van der Waals surface area contributed by atoms with Crippen LogP contribution in [-0.4, -0.2) is 57.0 Å². The molecule has 2 heterocycles. The molecule has 1 aliphatic rings. The normalized spacial score (nSPS) is 15.5. The van der Waals surface area contributed by atoms with Crippen LogP contribution in [0, 0.1) is 17.0 Å². The average Bonchev–Trinajstić information content (AvgIpc) is 3.07. The van der Waals surface area contributed by atoms with E-state index in [2.05, 4.69) is 34.2 Å². The van der Waals surface area contributed by atoms with E-state index >= 15 is 0 Å². The van der Waals surface area contributed by atoms with E-state index < -0.39 is 4.92 Å². The smallest absolute Gasteiger partial charge is 0.343 e. The van der Waals surface area contributed by atoms with Crippen molar-refractivity contribution in [2.45, 2.75) is 13.5 Å². The van der Waals surface area contributed by atoms with Crippen molar-refractivity contribution in [2.75, 3.05) is 26.2 Å². The second-order valence-electron chi connectivity index (χ2n) is 5.89. The summed E-state index contributed by atoms with van der Waals surface area (Å²) >= 11 is 0. The minimum atomic E-state index is -0.593. The first kappa shape index (κ1) is 16.1. The SMILES string of the molecule is Cc1ccccc1CN1CCN(C(=O)c2cc([N+](=O)[O-])[nH]n2)CC1. The molecule has 0 atom stereocenters. The fraction of sp³-hybridized carbons (Fsp3) is 0.375. The van der Waals surface area contributed by atoms with Gasteiger partial charge in [0, 0.05) is 32.7 Å². The number of amides is 1. The van der Waals surface area contributed by atoms with E-state index in [1.165, 1.54) is 17.2 Å². The van der Waals surface area contributed by atoms with Crippen molar-refractivity contribution < 1.29 is 9.72 Å². The van der Waals surface area contributed by atoms with Gasteiger partial charge in [-0.2, -0.15) is 0 Å². The van der Waals surface area contributed by atoms with Gasteiger partial charge in [-0.05, 0) is 23.0 Å². The molecule has 8 heteroatoms. The second kappa shape index (κ2) is 6.79. The molecule has 24 heavy (non-hydrogen) atoms. The Balaban J connectivity index is 1.57. The molecule has 1 aliphatic heterocycles. The molecule has 1 amide bonds. The summed E-state index contributed by atoms with van der Waals surface area (Å²) in [4.78, 5) is 26.4. The third-order valence-electron chi connectivity index (χ3n) is 4.29. The van der Waals surface area contributed by atoms with Gasteiger partial charge in [-0.15, -0.1) is 5.10 Å². The molecule has 3 rings (SSSR count). The number of carbonyl (C=O) groups excluding carboxylic acids is 1. The predicted octanol–water partition coefficient (Wildman–Crippen LogP) is 1.58. The van der Waals surface area contributed by atoms with Crippen LogP contribution in [0.15, 0.2) is 30.3 Å². The van der Waals surface area contributed by atoms with Crippen LogP contribution in [0.4, 0.5) is 5.82 Å². The van der Waals surface area contributed by atoms with Crippen LogP contribution in [0.2, 0.25) is 0 Å². The number of carbonyl (C=O) groups is 1. The molecule has 1 fully saturated rings. The standard InChI is InChI=1S/C16H19N5O3/c1-12-4-2-3-5-13(12)11-19-6-8-20(9-7-19)16(22)14-10-15(18-17-14)21(23)24/h2-5,10H,6-9,11H2,1H3,(H,17,18). The van der Waals surface area contributed by atoms with Crippen LogP contribution in [0.1, 0.15) is 21.6 Å². The summed E-state index contributed by atoms with van der Waals surface area (Å²) in [6, 6.07) is 9.46. The summed E-state index contributed by atoms with van der Waals surface area (Å²) in [7, 11) is 0. The Morgan fingerprint density at radius 2 is 2.00 bits per heavy atom. The molecule has 0 radical (unpaired) electrons. The number of aryl methyl sites for hydroxylation is 1. The molecule has 1 aromatic carbocycles. The molecule has 0 saturated carbocycles. The number of nitro groups is 1. The summed E-state index contributed by atoms with van der Waals surface area (Å²) in [6.07, 6.45) is 0. The topological polar surface area (TPSA) is 95.4 Å². The largest absolute Gasteiger partial charge is 0.358 e. The molecule has 0 unspecified atom stereocenters. The van der Waals surface area contributed by atoms with E-state index in [0.29, 0.717) is 13.1 Å². The van der Waals surface area contributed by atoms with E-state index in [1.54, 1.807) is 4.90 Å². The Hall–Kier alpha value is -2.74. The molecule has 0 bridgehead atoms. The van der Waals surface area contributed by atoms with E-state index in [1.807, 2.05) is 12.1 Å². The maximum absolute atomic E-state index is 12.4. The number of benzene rings is 1. The van der Waals surface area contributed by atoms with Crippen molar-refractivity contribution in [2.24, 2.45) is 0 Å². The van der Waals surface area contributed by atoms with Gasteiger partial charge in [0.2, 0.25) is 0 Å². The maximum atomic E-state index is 12.4. The number of piperazine rings is 1. The maximum Gasteiger partial charge on any atom is 0.343 e. The first-order valence-corrected chi connectivity index (χ1v) is 7.80. The number of rotatable bonds is 4. The second-order valence-corrected chi connectivity index (χ2v) is 5.89. The zero-order valence-electron chi connectivity index (χ0n) is 13.4. The van der Waals surface area contributed by atoms with Crippen molar-refractivity contribution in [3.8, 4) is 0 Å². The number of aromatic amines is 1. The highest BCUT2D eigenvalue weighted by atomic mass is 16.6. The Morgan fingerprint density at radius 1 is 1.29 bits per heavy atom. The van der Waals surface area contributed by atoms with Crippen molar-refractivity contribution in [3.63, 3.8) is 0 Å². The van der Waals surface area contributed by atoms with Gasteiger partial charge in [0.05, 0.1) is 6.07 Å². The van der Waals surface area contributed by atoms with Gasteiger partial charge in [-0.25, -0.2) is 0 Å².